The fourth-order valence-electron chi connectivity index (χ4n) is 1.79. The highest BCUT2D eigenvalue weighted by atomic mass is 32.1. The zero-order valence-electron chi connectivity index (χ0n) is 10.4. The standard InChI is InChI=1S/C13H15N3OS/c1-8-4-3-5-11(13(14)18)12(8)15-7-10-6-9(2)17-16-10/h3-6,15H,7H2,1-2H3,(H2,14,18). The van der Waals surface area contributed by atoms with Crippen molar-refractivity contribution in [3.63, 3.8) is 0 Å². The molecule has 0 radical (unpaired) electrons. The molecule has 5 heteroatoms. The number of hydrogen-bond donors (Lipinski definition) is 2. The van der Waals surface area contributed by atoms with Gasteiger partial charge in [0.25, 0.3) is 0 Å². The van der Waals surface area contributed by atoms with Gasteiger partial charge in [0.15, 0.2) is 0 Å². The SMILES string of the molecule is Cc1cc(CNc2c(C)cccc2C(N)=S)no1. The molecule has 18 heavy (non-hydrogen) atoms. The van der Waals surface area contributed by atoms with E-state index in [1.165, 1.54) is 0 Å². The van der Waals surface area contributed by atoms with Crippen LogP contribution >= 0.6 is 12.2 Å². The highest BCUT2D eigenvalue weighted by molar-refractivity contribution is 7.80. The molecule has 0 aliphatic heterocycles. The first-order chi connectivity index (χ1) is 8.58. The molecule has 0 bridgehead atoms. The third-order valence-corrected chi connectivity index (χ3v) is 2.88. The van der Waals surface area contributed by atoms with Gasteiger partial charge < -0.3 is 15.6 Å². The maximum atomic E-state index is 5.71. The van der Waals surface area contributed by atoms with Crippen LogP contribution < -0.4 is 11.1 Å². The lowest BCUT2D eigenvalue weighted by Crippen LogP contribution is -2.14. The summed E-state index contributed by atoms with van der Waals surface area (Å²) >= 11 is 5.05. The van der Waals surface area contributed by atoms with E-state index in [1.54, 1.807) is 0 Å². The number of nitrogens with zero attached hydrogens (tertiary/aromatic N) is 1. The highest BCUT2D eigenvalue weighted by Crippen LogP contribution is 2.21. The quantitative estimate of drug-likeness (QED) is 0.828. The van der Waals surface area contributed by atoms with Gasteiger partial charge >= 0.3 is 0 Å². The summed E-state index contributed by atoms with van der Waals surface area (Å²) in [6.45, 7) is 4.46. The van der Waals surface area contributed by atoms with Crippen molar-refractivity contribution in [2.75, 3.05) is 5.32 Å². The maximum Gasteiger partial charge on any atom is 0.133 e. The van der Waals surface area contributed by atoms with E-state index in [9.17, 15) is 0 Å². The lowest BCUT2D eigenvalue weighted by Gasteiger charge is -2.12. The van der Waals surface area contributed by atoms with Crippen molar-refractivity contribution in [3.05, 3.63) is 46.8 Å². The first kappa shape index (κ1) is 12.6. The smallest absolute Gasteiger partial charge is 0.133 e. The molecule has 0 fully saturated rings. The highest BCUT2D eigenvalue weighted by Gasteiger charge is 2.08. The summed E-state index contributed by atoms with van der Waals surface area (Å²) in [5.41, 5.74) is 9.46. The molecule has 94 valence electrons. The second-order valence-electron chi connectivity index (χ2n) is 4.14. The average Bonchev–Trinajstić information content (AvgIpc) is 2.73. The number of anilines is 1. The molecule has 3 N–H and O–H groups in total. The Bertz CT molecular complexity index is 577. The zero-order valence-corrected chi connectivity index (χ0v) is 11.2. The van der Waals surface area contributed by atoms with Crippen molar-refractivity contribution < 1.29 is 4.52 Å². The Morgan fingerprint density at radius 3 is 2.83 bits per heavy atom. The number of benzene rings is 1. The predicted molar refractivity (Wildman–Crippen MR) is 75.6 cm³/mol. The van der Waals surface area contributed by atoms with E-state index in [-0.39, 0.29) is 0 Å². The van der Waals surface area contributed by atoms with Crippen LogP contribution in [0.5, 0.6) is 0 Å². The van der Waals surface area contributed by atoms with Crippen LogP contribution in [-0.4, -0.2) is 10.1 Å². The third kappa shape index (κ3) is 2.68. The number of nitrogens with one attached hydrogen (secondary N) is 1. The molecule has 4 nitrogen and oxygen atoms in total. The van der Waals surface area contributed by atoms with Gasteiger partial charge in [-0.15, -0.1) is 0 Å². The summed E-state index contributed by atoms with van der Waals surface area (Å²) in [6.07, 6.45) is 0. The number of aryl methyl sites for hydroxylation is 2. The van der Waals surface area contributed by atoms with E-state index in [2.05, 4.69) is 10.5 Å². The Labute approximate surface area is 111 Å². The molecule has 0 unspecified atom stereocenters. The van der Waals surface area contributed by atoms with Gasteiger partial charge in [0.1, 0.15) is 16.4 Å². The van der Waals surface area contributed by atoms with Crippen LogP contribution in [0.1, 0.15) is 22.6 Å². The van der Waals surface area contributed by atoms with Crippen molar-refractivity contribution in [2.24, 2.45) is 5.73 Å². The first-order valence-corrected chi connectivity index (χ1v) is 6.04. The van der Waals surface area contributed by atoms with Crippen molar-refractivity contribution in [1.29, 1.82) is 0 Å². The van der Waals surface area contributed by atoms with Crippen molar-refractivity contribution >= 4 is 22.9 Å². The molecule has 0 saturated heterocycles. The Morgan fingerprint density at radius 1 is 1.44 bits per heavy atom. The lowest BCUT2D eigenvalue weighted by molar-refractivity contribution is 0.391. The maximum absolute atomic E-state index is 5.71. The van der Waals surface area contributed by atoms with Crippen LogP contribution in [0.15, 0.2) is 28.8 Å². The minimum Gasteiger partial charge on any atom is -0.389 e. The summed E-state index contributed by atoms with van der Waals surface area (Å²) < 4.78 is 5.02. The van der Waals surface area contributed by atoms with Gasteiger partial charge in [0.2, 0.25) is 0 Å². The van der Waals surface area contributed by atoms with Crippen LogP contribution in [0.25, 0.3) is 0 Å². The number of thiocarbonyl (C=S) groups is 1. The van der Waals surface area contributed by atoms with E-state index in [0.717, 1.165) is 28.3 Å². The summed E-state index contributed by atoms with van der Waals surface area (Å²) in [5.74, 6) is 0.797. The normalized spacial score (nSPS) is 10.3. The van der Waals surface area contributed by atoms with Gasteiger partial charge in [-0.3, -0.25) is 0 Å². The molecule has 0 saturated carbocycles. The summed E-state index contributed by atoms with van der Waals surface area (Å²) in [7, 11) is 0. The van der Waals surface area contributed by atoms with Gasteiger partial charge in [-0.25, -0.2) is 0 Å². The van der Waals surface area contributed by atoms with E-state index >= 15 is 0 Å². The molecule has 0 aliphatic carbocycles. The molecule has 2 aromatic rings. The van der Waals surface area contributed by atoms with E-state index in [0.29, 0.717) is 11.5 Å². The molecule has 1 aromatic carbocycles. The van der Waals surface area contributed by atoms with Gasteiger partial charge in [-0.1, -0.05) is 29.5 Å². The van der Waals surface area contributed by atoms with Crippen molar-refractivity contribution in [1.82, 2.24) is 5.16 Å². The Hall–Kier alpha value is -1.88. The molecule has 0 atom stereocenters. The Morgan fingerprint density at radius 2 is 2.22 bits per heavy atom. The van der Waals surface area contributed by atoms with Gasteiger partial charge in [0.05, 0.1) is 6.54 Å². The molecule has 0 aliphatic rings. The van der Waals surface area contributed by atoms with Crippen molar-refractivity contribution in [3.8, 4) is 0 Å². The summed E-state index contributed by atoms with van der Waals surface area (Å²) in [4.78, 5) is 0.387. The van der Waals surface area contributed by atoms with E-state index < -0.39 is 0 Å². The van der Waals surface area contributed by atoms with Crippen LogP contribution in [0.4, 0.5) is 5.69 Å². The number of para-hydroxylation sites is 1. The van der Waals surface area contributed by atoms with Crippen molar-refractivity contribution in [2.45, 2.75) is 20.4 Å². The second kappa shape index (κ2) is 5.18. The minimum absolute atomic E-state index is 0.387. The number of nitrogens with two attached hydrogens (primary N) is 1. The third-order valence-electron chi connectivity index (χ3n) is 2.66. The van der Waals surface area contributed by atoms with Crippen LogP contribution in [0, 0.1) is 13.8 Å². The fraction of sp³-hybridized carbons (Fsp3) is 0.231. The molecule has 1 aromatic heterocycles. The molecule has 0 spiro atoms. The molecular formula is C13H15N3OS. The number of hydrogen-bond acceptors (Lipinski definition) is 4. The van der Waals surface area contributed by atoms with E-state index in [4.69, 9.17) is 22.5 Å². The molecular weight excluding hydrogens is 246 g/mol. The monoisotopic (exact) mass is 261 g/mol. The molecule has 0 amide bonds. The number of rotatable bonds is 4. The first-order valence-electron chi connectivity index (χ1n) is 5.63. The Kier molecular flexibility index (Phi) is 3.62. The Balaban J connectivity index is 2.20. The molecule has 2 rings (SSSR count). The second-order valence-corrected chi connectivity index (χ2v) is 4.58. The van der Waals surface area contributed by atoms with Gasteiger partial charge in [0, 0.05) is 17.3 Å². The van der Waals surface area contributed by atoms with Crippen LogP contribution in [-0.2, 0) is 6.54 Å². The lowest BCUT2D eigenvalue weighted by atomic mass is 10.1. The fourth-order valence-corrected chi connectivity index (χ4v) is 1.96. The molecule has 1 heterocycles. The van der Waals surface area contributed by atoms with E-state index in [1.807, 2.05) is 38.1 Å². The number of aromatic nitrogens is 1. The van der Waals surface area contributed by atoms with Gasteiger partial charge in [-0.05, 0) is 25.5 Å². The summed E-state index contributed by atoms with van der Waals surface area (Å²) in [6, 6.07) is 7.75. The van der Waals surface area contributed by atoms with Gasteiger partial charge in [-0.2, -0.15) is 0 Å². The minimum atomic E-state index is 0.387. The predicted octanol–water partition coefficient (Wildman–Crippen LogP) is 2.54. The zero-order chi connectivity index (χ0) is 13.1. The van der Waals surface area contributed by atoms with Crippen LogP contribution in [0.2, 0.25) is 0 Å². The van der Waals surface area contributed by atoms with Crippen LogP contribution in [0.3, 0.4) is 0 Å². The topological polar surface area (TPSA) is 64.1 Å². The largest absolute Gasteiger partial charge is 0.389 e. The summed E-state index contributed by atoms with van der Waals surface area (Å²) in [5, 5.41) is 7.24. The average molecular weight is 261 g/mol.